The van der Waals surface area contributed by atoms with Gasteiger partial charge in [-0.3, -0.25) is 0 Å². The molecule has 0 saturated heterocycles. The Morgan fingerprint density at radius 2 is 1.75 bits per heavy atom. The molecule has 0 aliphatic heterocycles. The number of fused-ring (bicyclic) bond motifs is 2. The van der Waals surface area contributed by atoms with Gasteiger partial charge < -0.3 is 0 Å². The minimum absolute atomic E-state index is 0.306. The van der Waals surface area contributed by atoms with E-state index in [1.165, 1.54) is 26.4 Å². The van der Waals surface area contributed by atoms with Gasteiger partial charge in [-0.15, -0.1) is 0 Å². The first-order valence-corrected chi connectivity index (χ1v) is 6.98. The zero-order valence-corrected chi connectivity index (χ0v) is 11.8. The topological polar surface area (TPSA) is 0 Å². The molecule has 0 aromatic heterocycles. The molecule has 0 amide bonds. The Balaban J connectivity index is 2.26. The van der Waals surface area contributed by atoms with Crippen LogP contribution in [0.15, 0.2) is 47.0 Å². The molecule has 2 aromatic carbocycles. The summed E-state index contributed by atoms with van der Waals surface area (Å²) < 4.78 is 1.23. The highest BCUT2D eigenvalue weighted by Gasteiger charge is 2.19. The predicted molar refractivity (Wildman–Crippen MR) is 76.3 cm³/mol. The Hall–Kier alpha value is -0.600. The number of halogens is 2. The molecule has 2 heteroatoms. The van der Waals surface area contributed by atoms with Gasteiger partial charge in [0.05, 0.1) is 4.83 Å². The van der Waals surface area contributed by atoms with Crippen LogP contribution in [-0.2, 0) is 6.42 Å². The summed E-state index contributed by atoms with van der Waals surface area (Å²) >= 11 is 7.32. The van der Waals surface area contributed by atoms with Gasteiger partial charge in [0.1, 0.15) is 0 Å². The first kappa shape index (κ1) is 10.5. The van der Waals surface area contributed by atoms with Gasteiger partial charge in [0.2, 0.25) is 0 Å². The molecule has 0 N–H and O–H groups in total. The molecule has 2 aromatic rings. The van der Waals surface area contributed by atoms with Crippen LogP contribution in [-0.4, -0.2) is 0 Å². The predicted octanol–water partition coefficient (Wildman–Crippen LogP) is 5.11. The van der Waals surface area contributed by atoms with Crippen molar-refractivity contribution in [2.45, 2.75) is 11.2 Å². The van der Waals surface area contributed by atoms with Crippen molar-refractivity contribution in [2.75, 3.05) is 0 Å². The van der Waals surface area contributed by atoms with Crippen LogP contribution in [0, 0.1) is 0 Å². The average Bonchev–Trinajstić information content (AvgIpc) is 2.32. The standard InChI is InChI=1S/C14H10Br2/c15-13-6-5-11-7-9-3-1-2-4-10(9)8-12(11)14(13)16/h1-4,6-8,14H,5H2. The van der Waals surface area contributed by atoms with Gasteiger partial charge in [0.15, 0.2) is 0 Å². The van der Waals surface area contributed by atoms with E-state index in [1.54, 1.807) is 0 Å². The van der Waals surface area contributed by atoms with Crippen LogP contribution in [0.2, 0.25) is 0 Å². The van der Waals surface area contributed by atoms with Crippen molar-refractivity contribution in [1.82, 2.24) is 0 Å². The van der Waals surface area contributed by atoms with Crippen LogP contribution in [0.3, 0.4) is 0 Å². The van der Waals surface area contributed by atoms with E-state index in [9.17, 15) is 0 Å². The van der Waals surface area contributed by atoms with Gasteiger partial charge in [-0.2, -0.15) is 0 Å². The smallest absolute Gasteiger partial charge is 0.0710 e. The lowest BCUT2D eigenvalue weighted by Gasteiger charge is -2.20. The lowest BCUT2D eigenvalue weighted by Crippen LogP contribution is -2.02. The van der Waals surface area contributed by atoms with Crippen LogP contribution in [0.4, 0.5) is 0 Å². The number of benzene rings is 2. The van der Waals surface area contributed by atoms with Crippen LogP contribution in [0.1, 0.15) is 16.0 Å². The molecule has 16 heavy (non-hydrogen) atoms. The molecule has 1 unspecified atom stereocenters. The monoisotopic (exact) mass is 336 g/mol. The molecule has 0 spiro atoms. The van der Waals surface area contributed by atoms with Gasteiger partial charge in [0, 0.05) is 4.48 Å². The minimum Gasteiger partial charge on any atom is -0.0781 e. The highest BCUT2D eigenvalue weighted by molar-refractivity contribution is 9.13. The maximum Gasteiger partial charge on any atom is 0.0710 e. The SMILES string of the molecule is BrC1=CCc2cc3ccccc3cc2C1Br. The van der Waals surface area contributed by atoms with E-state index in [4.69, 9.17) is 0 Å². The van der Waals surface area contributed by atoms with Gasteiger partial charge in [-0.25, -0.2) is 0 Å². The van der Waals surface area contributed by atoms with E-state index in [2.05, 4.69) is 74.3 Å². The third-order valence-electron chi connectivity index (χ3n) is 3.04. The third kappa shape index (κ3) is 1.64. The summed E-state index contributed by atoms with van der Waals surface area (Å²) in [6.07, 6.45) is 3.25. The van der Waals surface area contributed by atoms with E-state index >= 15 is 0 Å². The normalized spacial score (nSPS) is 19.4. The zero-order chi connectivity index (χ0) is 11.1. The molecule has 1 aliphatic carbocycles. The highest BCUT2D eigenvalue weighted by Crippen LogP contribution is 2.41. The van der Waals surface area contributed by atoms with Crippen LogP contribution < -0.4 is 0 Å². The average molecular weight is 338 g/mol. The maximum absolute atomic E-state index is 3.72. The highest BCUT2D eigenvalue weighted by atomic mass is 79.9. The number of allylic oxidation sites excluding steroid dienone is 2. The van der Waals surface area contributed by atoms with E-state index < -0.39 is 0 Å². The fraction of sp³-hybridized carbons (Fsp3) is 0.143. The largest absolute Gasteiger partial charge is 0.0781 e. The molecule has 1 atom stereocenters. The van der Waals surface area contributed by atoms with Crippen molar-refractivity contribution in [3.05, 3.63) is 58.1 Å². The van der Waals surface area contributed by atoms with Crippen LogP contribution in [0.5, 0.6) is 0 Å². The molecule has 80 valence electrons. The molecule has 3 rings (SSSR count). The Bertz CT molecular complexity index is 584. The molecule has 0 saturated carbocycles. The summed E-state index contributed by atoms with van der Waals surface area (Å²) in [6, 6.07) is 13.1. The second-order valence-electron chi connectivity index (χ2n) is 4.05. The maximum atomic E-state index is 3.72. The zero-order valence-electron chi connectivity index (χ0n) is 8.58. The number of hydrogen-bond donors (Lipinski definition) is 0. The van der Waals surface area contributed by atoms with Crippen LogP contribution >= 0.6 is 31.9 Å². The van der Waals surface area contributed by atoms with Crippen molar-refractivity contribution >= 4 is 42.6 Å². The Morgan fingerprint density at radius 3 is 2.50 bits per heavy atom. The number of hydrogen-bond acceptors (Lipinski definition) is 0. The second kappa shape index (κ2) is 4.01. The third-order valence-corrected chi connectivity index (χ3v) is 5.42. The molecule has 0 nitrogen and oxygen atoms in total. The van der Waals surface area contributed by atoms with Crippen LogP contribution in [0.25, 0.3) is 10.8 Å². The molecule has 0 fully saturated rings. The Labute approximate surface area is 112 Å². The Morgan fingerprint density at radius 1 is 1.06 bits per heavy atom. The summed E-state index contributed by atoms with van der Waals surface area (Å²) in [6.45, 7) is 0. The van der Waals surface area contributed by atoms with Gasteiger partial charge >= 0.3 is 0 Å². The lowest BCUT2D eigenvalue weighted by atomic mass is 9.93. The van der Waals surface area contributed by atoms with E-state index in [0.29, 0.717) is 4.83 Å². The molecule has 0 heterocycles. The van der Waals surface area contributed by atoms with Crippen molar-refractivity contribution in [3.63, 3.8) is 0 Å². The molecule has 0 bridgehead atoms. The van der Waals surface area contributed by atoms with E-state index in [-0.39, 0.29) is 0 Å². The minimum atomic E-state index is 0.306. The summed E-state index contributed by atoms with van der Waals surface area (Å²) in [5.74, 6) is 0. The van der Waals surface area contributed by atoms with E-state index in [1.807, 2.05) is 0 Å². The van der Waals surface area contributed by atoms with Gasteiger partial charge in [-0.1, -0.05) is 68.3 Å². The fourth-order valence-electron chi connectivity index (χ4n) is 2.18. The van der Waals surface area contributed by atoms with Gasteiger partial charge in [-0.05, 0) is 34.4 Å². The summed E-state index contributed by atoms with van der Waals surface area (Å²) in [5, 5.41) is 2.64. The molecular formula is C14H10Br2. The second-order valence-corrected chi connectivity index (χ2v) is 5.89. The number of alkyl halides is 1. The molecule has 0 radical (unpaired) electrons. The first-order valence-electron chi connectivity index (χ1n) is 5.27. The molecule has 1 aliphatic rings. The summed E-state index contributed by atoms with van der Waals surface area (Å²) in [7, 11) is 0. The summed E-state index contributed by atoms with van der Waals surface area (Å²) in [5.41, 5.74) is 2.80. The first-order chi connectivity index (χ1) is 7.75. The van der Waals surface area contributed by atoms with E-state index in [0.717, 1.165) is 6.42 Å². The van der Waals surface area contributed by atoms with Crippen molar-refractivity contribution in [2.24, 2.45) is 0 Å². The van der Waals surface area contributed by atoms with Crippen molar-refractivity contribution in [3.8, 4) is 0 Å². The van der Waals surface area contributed by atoms with Crippen molar-refractivity contribution in [1.29, 1.82) is 0 Å². The van der Waals surface area contributed by atoms with Crippen molar-refractivity contribution < 1.29 is 0 Å². The molecular weight excluding hydrogens is 328 g/mol. The lowest BCUT2D eigenvalue weighted by molar-refractivity contribution is 1.08. The number of rotatable bonds is 0. The Kier molecular flexibility index (Phi) is 2.64. The van der Waals surface area contributed by atoms with Gasteiger partial charge in [0.25, 0.3) is 0 Å². The summed E-state index contributed by atoms with van der Waals surface area (Å²) in [4.78, 5) is 0.306. The quantitative estimate of drug-likeness (QED) is 0.586. The fourth-order valence-corrected chi connectivity index (χ4v) is 3.20.